The number of nitrogens with zero attached hydrogens (tertiary/aromatic N) is 2. The molecular weight excluding hydrogens is 863 g/mol. The molecule has 1 saturated heterocycles. The Hall–Kier alpha value is -3.44. The summed E-state index contributed by atoms with van der Waals surface area (Å²) in [5.74, 6) is 6.61. The number of nitrogens with one attached hydrogen (secondary N) is 1. The fourth-order valence-electron chi connectivity index (χ4n) is 8.85. The van der Waals surface area contributed by atoms with Gasteiger partial charge in [0.1, 0.15) is 11.5 Å². The number of piperidine rings is 1. The number of methoxy groups -OCH3 is 2. The van der Waals surface area contributed by atoms with Crippen LogP contribution < -0.4 is 14.8 Å². The van der Waals surface area contributed by atoms with E-state index in [1.165, 1.54) is 96.5 Å². The first-order valence-electron chi connectivity index (χ1n) is 22.4. The Balaban J connectivity index is 0.000000170. The summed E-state index contributed by atoms with van der Waals surface area (Å²) in [7, 11) is 3.36. The van der Waals surface area contributed by atoms with E-state index in [4.69, 9.17) is 9.47 Å². The van der Waals surface area contributed by atoms with Gasteiger partial charge >= 0.3 is 0 Å². The van der Waals surface area contributed by atoms with Crippen molar-refractivity contribution in [1.82, 2.24) is 15.1 Å². The van der Waals surface area contributed by atoms with Crippen molar-refractivity contribution in [1.29, 1.82) is 0 Å². The first-order chi connectivity index (χ1) is 29.9. The van der Waals surface area contributed by atoms with Gasteiger partial charge in [-0.05, 0) is 134 Å². The summed E-state index contributed by atoms with van der Waals surface area (Å²) >= 11 is 6.97. The van der Waals surface area contributed by atoms with Gasteiger partial charge in [0.2, 0.25) is 11.8 Å². The Kier molecular flexibility index (Phi) is 19.8. The number of thioether (sulfide) groups is 2. The van der Waals surface area contributed by atoms with Crippen molar-refractivity contribution in [3.8, 4) is 11.5 Å². The second kappa shape index (κ2) is 25.6. The maximum Gasteiger partial charge on any atom is 0.223 e. The van der Waals surface area contributed by atoms with Crippen LogP contribution in [-0.4, -0.2) is 78.8 Å². The topological polar surface area (TPSA) is 71.1 Å². The molecule has 0 unspecified atom stereocenters. The molecule has 4 aliphatic rings. The maximum absolute atomic E-state index is 12.9. The number of fused-ring (bicyclic) bond motifs is 2. The lowest BCUT2D eigenvalue weighted by molar-refractivity contribution is -0.132. The average Bonchev–Trinajstić information content (AvgIpc) is 3.66. The minimum atomic E-state index is 0.211. The number of benzene rings is 4. The van der Waals surface area contributed by atoms with Crippen LogP contribution in [0.5, 0.6) is 11.5 Å². The maximum atomic E-state index is 12.9. The lowest BCUT2D eigenvalue weighted by Crippen LogP contribution is -2.32. The standard InChI is InChI=1S/C26H33NO2S.C13H16BrNO2S.C12H17N/c1-29-24-12-13-25-23(18-24)19-27(15-16-30-25)26(28)14-11-20-7-9-22(10-8-20)17-21-5-3-2-4-6-21;1-17-11-2-3-12-10(8-11)9-15(6-7-18-12)13(16)4-5-14;1-2-4-11(5-3-1)10-12-6-8-13-9-7-12/h2-6,12-13,18,20,22H,7-11,14-17,19H2,1H3;2-3,8H,4-7,9H2,1H3;1-5,12-13H,6-10H2. The molecule has 10 heteroatoms. The van der Waals surface area contributed by atoms with Gasteiger partial charge in [0, 0.05) is 65.6 Å². The number of halogens is 1. The Bertz CT molecular complexity index is 1920. The zero-order chi connectivity index (χ0) is 42.7. The molecule has 7 nitrogen and oxygen atoms in total. The van der Waals surface area contributed by atoms with Crippen LogP contribution in [0.2, 0.25) is 0 Å². The van der Waals surface area contributed by atoms with Gasteiger partial charge in [0.15, 0.2) is 0 Å². The van der Waals surface area contributed by atoms with Crippen LogP contribution in [0.1, 0.15) is 80.0 Å². The van der Waals surface area contributed by atoms with Crippen LogP contribution in [0.25, 0.3) is 0 Å². The molecule has 3 aliphatic heterocycles. The molecule has 0 aromatic heterocycles. The third-order valence-corrected chi connectivity index (χ3v) is 15.0. The molecule has 1 saturated carbocycles. The molecule has 8 rings (SSSR count). The molecule has 0 radical (unpaired) electrons. The van der Waals surface area contributed by atoms with E-state index >= 15 is 0 Å². The number of hydrogen-bond donors (Lipinski definition) is 1. The Morgan fingerprint density at radius 1 is 0.623 bits per heavy atom. The lowest BCUT2D eigenvalue weighted by atomic mass is 9.77. The zero-order valence-corrected chi connectivity index (χ0v) is 39.6. The van der Waals surface area contributed by atoms with E-state index in [-0.39, 0.29) is 5.91 Å². The average molecular weight is 929 g/mol. The van der Waals surface area contributed by atoms with Crippen molar-refractivity contribution in [2.75, 3.05) is 57.2 Å². The number of amides is 2. The fourth-order valence-corrected chi connectivity index (χ4v) is 11.2. The molecule has 1 aliphatic carbocycles. The lowest BCUT2D eigenvalue weighted by Gasteiger charge is -2.29. The molecule has 0 atom stereocenters. The van der Waals surface area contributed by atoms with Crippen molar-refractivity contribution in [3.63, 3.8) is 0 Å². The van der Waals surface area contributed by atoms with Crippen LogP contribution in [0.4, 0.5) is 0 Å². The van der Waals surface area contributed by atoms with Gasteiger partial charge < -0.3 is 24.6 Å². The number of carbonyl (C=O) groups excluding carboxylic acids is 2. The van der Waals surface area contributed by atoms with Gasteiger partial charge in [-0.15, -0.1) is 23.5 Å². The van der Waals surface area contributed by atoms with Crippen LogP contribution in [0.15, 0.2) is 107 Å². The van der Waals surface area contributed by atoms with Crippen LogP contribution in [0, 0.1) is 17.8 Å². The van der Waals surface area contributed by atoms with Crippen molar-refractivity contribution < 1.29 is 19.1 Å². The van der Waals surface area contributed by atoms with Crippen LogP contribution in [0.3, 0.4) is 0 Å². The second-order valence-electron chi connectivity index (χ2n) is 16.7. The molecule has 4 aromatic rings. The van der Waals surface area contributed by atoms with E-state index < -0.39 is 0 Å². The normalized spacial score (nSPS) is 19.0. The molecule has 0 bridgehead atoms. The van der Waals surface area contributed by atoms with Crippen LogP contribution >= 0.6 is 39.5 Å². The smallest absolute Gasteiger partial charge is 0.223 e. The third kappa shape index (κ3) is 15.4. The molecule has 61 heavy (non-hydrogen) atoms. The summed E-state index contributed by atoms with van der Waals surface area (Å²) in [6.45, 7) is 5.46. The van der Waals surface area contributed by atoms with E-state index in [1.54, 1.807) is 26.0 Å². The molecule has 3 heterocycles. The van der Waals surface area contributed by atoms with E-state index in [0.29, 0.717) is 31.8 Å². The number of rotatable bonds is 11. The Morgan fingerprint density at radius 2 is 1.08 bits per heavy atom. The summed E-state index contributed by atoms with van der Waals surface area (Å²) in [5, 5.41) is 4.12. The highest BCUT2D eigenvalue weighted by Crippen LogP contribution is 2.35. The summed E-state index contributed by atoms with van der Waals surface area (Å²) in [6.07, 6.45) is 12.6. The molecule has 328 valence electrons. The number of ether oxygens (including phenoxy) is 2. The van der Waals surface area contributed by atoms with Gasteiger partial charge in [-0.1, -0.05) is 89.4 Å². The van der Waals surface area contributed by atoms with Crippen molar-refractivity contribution in [2.45, 2.75) is 93.5 Å². The van der Waals surface area contributed by atoms with E-state index in [0.717, 1.165) is 65.6 Å². The van der Waals surface area contributed by atoms with Gasteiger partial charge in [-0.25, -0.2) is 0 Å². The van der Waals surface area contributed by atoms with Gasteiger partial charge in [0.25, 0.3) is 0 Å². The zero-order valence-electron chi connectivity index (χ0n) is 36.3. The van der Waals surface area contributed by atoms with E-state index in [1.807, 2.05) is 34.9 Å². The SMILES string of the molecule is COc1ccc2c(c1)CN(C(=O)CCBr)CCS2.COc1ccc2c(c1)CN(C(=O)CCC1CCC(Cc3ccccc3)CC1)CCS2.c1ccc(CC2CCNCC2)cc1. The molecule has 0 spiro atoms. The summed E-state index contributed by atoms with van der Waals surface area (Å²) in [6, 6.07) is 34.0. The Labute approximate surface area is 382 Å². The predicted molar refractivity (Wildman–Crippen MR) is 257 cm³/mol. The van der Waals surface area contributed by atoms with Crippen molar-refractivity contribution in [3.05, 3.63) is 119 Å². The van der Waals surface area contributed by atoms with Crippen LogP contribution in [-0.2, 0) is 35.5 Å². The molecule has 1 N–H and O–H groups in total. The minimum absolute atomic E-state index is 0.211. The Morgan fingerprint density at radius 3 is 1.56 bits per heavy atom. The second-order valence-corrected chi connectivity index (χ2v) is 19.8. The highest BCUT2D eigenvalue weighted by molar-refractivity contribution is 9.09. The first-order valence-corrected chi connectivity index (χ1v) is 25.5. The quantitative estimate of drug-likeness (QED) is 0.150. The molecule has 2 fully saturated rings. The molecule has 2 amide bonds. The van der Waals surface area contributed by atoms with Gasteiger partial charge in [-0.3, -0.25) is 9.59 Å². The fraction of sp³-hybridized carbons (Fsp3) is 0.490. The van der Waals surface area contributed by atoms with Crippen molar-refractivity contribution in [2.24, 2.45) is 17.8 Å². The predicted octanol–water partition coefficient (Wildman–Crippen LogP) is 11.1. The largest absolute Gasteiger partial charge is 0.497 e. The highest BCUT2D eigenvalue weighted by atomic mass is 79.9. The van der Waals surface area contributed by atoms with E-state index in [2.05, 4.69) is 105 Å². The monoisotopic (exact) mass is 927 g/mol. The minimum Gasteiger partial charge on any atom is -0.497 e. The van der Waals surface area contributed by atoms with Crippen molar-refractivity contribution >= 4 is 51.3 Å². The number of alkyl halides is 1. The first kappa shape index (κ1) is 47.0. The highest BCUT2D eigenvalue weighted by Gasteiger charge is 2.25. The number of hydrogen-bond acceptors (Lipinski definition) is 7. The summed E-state index contributed by atoms with van der Waals surface area (Å²) in [5.41, 5.74) is 5.35. The number of carbonyl (C=O) groups is 2. The van der Waals surface area contributed by atoms with Gasteiger partial charge in [0.05, 0.1) is 14.2 Å². The molecular formula is C51H66BrN3O4S2. The summed E-state index contributed by atoms with van der Waals surface area (Å²) in [4.78, 5) is 31.4. The third-order valence-electron chi connectivity index (χ3n) is 12.4. The van der Waals surface area contributed by atoms with E-state index in [9.17, 15) is 9.59 Å². The molecule has 4 aromatic carbocycles. The summed E-state index contributed by atoms with van der Waals surface area (Å²) < 4.78 is 10.6. The van der Waals surface area contributed by atoms with Gasteiger partial charge in [-0.2, -0.15) is 0 Å².